The van der Waals surface area contributed by atoms with Crippen LogP contribution in [0.4, 0.5) is 10.5 Å². The van der Waals surface area contributed by atoms with Crippen LogP contribution in [0.2, 0.25) is 0 Å². The van der Waals surface area contributed by atoms with Gasteiger partial charge in [-0.1, -0.05) is 12.1 Å². The van der Waals surface area contributed by atoms with Gasteiger partial charge >= 0.3 is 6.03 Å². The lowest BCUT2D eigenvalue weighted by Gasteiger charge is -2.56. The van der Waals surface area contributed by atoms with E-state index in [9.17, 15) is 4.79 Å². The van der Waals surface area contributed by atoms with Crippen LogP contribution in [0.5, 0.6) is 0 Å². The molecule has 124 valence electrons. The number of rotatable bonds is 3. The van der Waals surface area contributed by atoms with Gasteiger partial charge in [0.1, 0.15) is 0 Å². The first-order valence-electron chi connectivity index (χ1n) is 9.14. The third-order valence-electron chi connectivity index (χ3n) is 6.64. The summed E-state index contributed by atoms with van der Waals surface area (Å²) in [5.41, 5.74) is 3.68. The first kappa shape index (κ1) is 15.0. The Morgan fingerprint density at radius 2 is 1.70 bits per heavy atom. The molecule has 0 unspecified atom stereocenters. The van der Waals surface area contributed by atoms with Crippen molar-refractivity contribution in [2.24, 2.45) is 23.2 Å². The molecule has 5 rings (SSSR count). The van der Waals surface area contributed by atoms with Gasteiger partial charge in [-0.05, 0) is 92.7 Å². The van der Waals surface area contributed by atoms with Gasteiger partial charge < -0.3 is 10.6 Å². The fraction of sp³-hybridized carbons (Fsp3) is 0.650. The molecule has 4 saturated carbocycles. The van der Waals surface area contributed by atoms with Crippen LogP contribution >= 0.6 is 0 Å². The number of urea groups is 1. The monoisotopic (exact) mass is 312 g/mol. The van der Waals surface area contributed by atoms with Gasteiger partial charge in [-0.25, -0.2) is 4.79 Å². The van der Waals surface area contributed by atoms with Gasteiger partial charge in [0, 0.05) is 12.2 Å². The van der Waals surface area contributed by atoms with Crippen LogP contribution < -0.4 is 10.6 Å². The van der Waals surface area contributed by atoms with E-state index in [0.29, 0.717) is 5.41 Å². The molecule has 0 spiro atoms. The minimum Gasteiger partial charge on any atom is -0.337 e. The average Bonchev–Trinajstić information content (AvgIpc) is 2.49. The highest BCUT2D eigenvalue weighted by Gasteiger charge is 2.50. The van der Waals surface area contributed by atoms with Crippen molar-refractivity contribution in [2.75, 3.05) is 11.9 Å². The molecule has 0 aliphatic heterocycles. The zero-order chi connectivity index (χ0) is 16.0. The molecule has 4 bridgehead atoms. The molecule has 1 aromatic rings. The maximum atomic E-state index is 12.3. The molecule has 0 atom stereocenters. The summed E-state index contributed by atoms with van der Waals surface area (Å²) >= 11 is 0. The van der Waals surface area contributed by atoms with Gasteiger partial charge in [-0.15, -0.1) is 0 Å². The lowest BCUT2D eigenvalue weighted by Crippen LogP contribution is -2.51. The Morgan fingerprint density at radius 3 is 2.30 bits per heavy atom. The van der Waals surface area contributed by atoms with E-state index in [0.717, 1.165) is 35.5 Å². The zero-order valence-electron chi connectivity index (χ0n) is 14.3. The van der Waals surface area contributed by atoms with Crippen LogP contribution in [0.3, 0.4) is 0 Å². The Labute approximate surface area is 139 Å². The summed E-state index contributed by atoms with van der Waals surface area (Å²) in [6, 6.07) is 6.01. The second-order valence-electron chi connectivity index (χ2n) is 8.47. The normalized spacial score (nSPS) is 34.4. The summed E-state index contributed by atoms with van der Waals surface area (Å²) < 4.78 is 0. The van der Waals surface area contributed by atoms with Crippen molar-refractivity contribution in [3.8, 4) is 0 Å². The van der Waals surface area contributed by atoms with Crippen molar-refractivity contribution in [3.05, 3.63) is 29.3 Å². The number of aryl methyl sites for hydroxylation is 1. The first-order valence-corrected chi connectivity index (χ1v) is 9.14. The number of nitrogens with one attached hydrogen (secondary N) is 2. The fourth-order valence-corrected chi connectivity index (χ4v) is 5.83. The van der Waals surface area contributed by atoms with Crippen molar-refractivity contribution >= 4 is 11.7 Å². The third-order valence-corrected chi connectivity index (χ3v) is 6.64. The van der Waals surface area contributed by atoms with E-state index in [1.165, 1.54) is 44.1 Å². The van der Waals surface area contributed by atoms with Gasteiger partial charge in [0.2, 0.25) is 0 Å². The molecule has 4 fully saturated rings. The number of carbonyl (C=O) groups excluding carboxylic acids is 1. The van der Waals surface area contributed by atoms with E-state index in [1.807, 2.05) is 12.1 Å². The summed E-state index contributed by atoms with van der Waals surface area (Å²) in [5.74, 6) is 2.81. The average molecular weight is 312 g/mol. The topological polar surface area (TPSA) is 41.1 Å². The highest BCUT2D eigenvalue weighted by atomic mass is 16.2. The molecule has 4 aliphatic rings. The molecule has 3 nitrogen and oxygen atoms in total. The van der Waals surface area contributed by atoms with E-state index in [1.54, 1.807) is 0 Å². The summed E-state index contributed by atoms with van der Waals surface area (Å²) in [7, 11) is 0. The predicted molar refractivity (Wildman–Crippen MR) is 93.5 cm³/mol. The molecule has 3 heteroatoms. The Balaban J connectivity index is 1.37. The van der Waals surface area contributed by atoms with Gasteiger partial charge in [0.05, 0.1) is 0 Å². The second kappa shape index (κ2) is 5.54. The Kier molecular flexibility index (Phi) is 3.62. The Morgan fingerprint density at radius 1 is 1.09 bits per heavy atom. The molecule has 4 aliphatic carbocycles. The zero-order valence-corrected chi connectivity index (χ0v) is 14.3. The molecule has 0 radical (unpaired) electrons. The molecular weight excluding hydrogens is 284 g/mol. The molecule has 2 N–H and O–H groups in total. The van der Waals surface area contributed by atoms with Crippen molar-refractivity contribution < 1.29 is 4.79 Å². The van der Waals surface area contributed by atoms with Crippen molar-refractivity contribution in [1.29, 1.82) is 0 Å². The van der Waals surface area contributed by atoms with Gasteiger partial charge in [0.15, 0.2) is 0 Å². The van der Waals surface area contributed by atoms with E-state index >= 15 is 0 Å². The van der Waals surface area contributed by atoms with E-state index in [-0.39, 0.29) is 6.03 Å². The maximum absolute atomic E-state index is 12.3. The summed E-state index contributed by atoms with van der Waals surface area (Å²) in [4.78, 5) is 12.3. The molecule has 0 heterocycles. The number of anilines is 1. The number of amides is 2. The lowest BCUT2D eigenvalue weighted by atomic mass is 9.49. The van der Waals surface area contributed by atoms with Crippen molar-refractivity contribution in [2.45, 2.75) is 52.4 Å². The highest BCUT2D eigenvalue weighted by molar-refractivity contribution is 5.90. The van der Waals surface area contributed by atoms with Crippen LogP contribution in [-0.4, -0.2) is 12.6 Å². The largest absolute Gasteiger partial charge is 0.337 e. The minimum absolute atomic E-state index is 0.0468. The predicted octanol–water partition coefficient (Wildman–Crippen LogP) is 4.64. The Hall–Kier alpha value is -1.51. The number of hydrogen-bond donors (Lipinski definition) is 2. The summed E-state index contributed by atoms with van der Waals surface area (Å²) in [6.45, 7) is 4.99. The van der Waals surface area contributed by atoms with Gasteiger partial charge in [-0.2, -0.15) is 0 Å². The smallest absolute Gasteiger partial charge is 0.319 e. The molecule has 2 amide bonds. The molecule has 23 heavy (non-hydrogen) atoms. The fourth-order valence-electron chi connectivity index (χ4n) is 5.83. The van der Waals surface area contributed by atoms with E-state index in [2.05, 4.69) is 30.5 Å². The minimum atomic E-state index is -0.0468. The van der Waals surface area contributed by atoms with Crippen LogP contribution in [0, 0.1) is 37.0 Å². The van der Waals surface area contributed by atoms with Crippen LogP contribution in [-0.2, 0) is 0 Å². The highest BCUT2D eigenvalue weighted by Crippen LogP contribution is 2.59. The standard InChI is InChI=1S/C20H28N2O/c1-13-4-3-5-18(14(13)2)22-19(23)21-12-20-9-15-6-16(10-20)8-17(7-15)11-20/h3-5,15-17H,6-12H2,1-2H3,(H2,21,22,23). The quantitative estimate of drug-likeness (QED) is 0.838. The van der Waals surface area contributed by atoms with E-state index < -0.39 is 0 Å². The van der Waals surface area contributed by atoms with Crippen LogP contribution in [0.1, 0.15) is 49.7 Å². The van der Waals surface area contributed by atoms with E-state index in [4.69, 9.17) is 0 Å². The maximum Gasteiger partial charge on any atom is 0.319 e. The summed E-state index contributed by atoms with van der Waals surface area (Å²) in [6.07, 6.45) is 8.37. The molecule has 1 aromatic carbocycles. The second-order valence-corrected chi connectivity index (χ2v) is 8.47. The molecule has 0 saturated heterocycles. The van der Waals surface area contributed by atoms with Crippen molar-refractivity contribution in [3.63, 3.8) is 0 Å². The van der Waals surface area contributed by atoms with Crippen LogP contribution in [0.25, 0.3) is 0 Å². The lowest BCUT2D eigenvalue weighted by molar-refractivity contribution is -0.0496. The van der Waals surface area contributed by atoms with Crippen LogP contribution in [0.15, 0.2) is 18.2 Å². The number of hydrogen-bond acceptors (Lipinski definition) is 1. The Bertz CT molecular complexity index is 587. The summed E-state index contributed by atoms with van der Waals surface area (Å²) in [5, 5.41) is 6.22. The number of carbonyl (C=O) groups is 1. The van der Waals surface area contributed by atoms with Gasteiger partial charge in [0.25, 0.3) is 0 Å². The SMILES string of the molecule is Cc1cccc(NC(=O)NCC23CC4CC(CC(C4)C2)C3)c1C. The third kappa shape index (κ3) is 2.86. The number of benzene rings is 1. The molecule has 0 aromatic heterocycles. The first-order chi connectivity index (χ1) is 11.0. The van der Waals surface area contributed by atoms with Gasteiger partial charge in [-0.3, -0.25) is 0 Å². The molecular formula is C20H28N2O. The van der Waals surface area contributed by atoms with Crippen molar-refractivity contribution in [1.82, 2.24) is 5.32 Å².